The number of hydrogen-bond donors (Lipinski definition) is 0. The van der Waals surface area contributed by atoms with Gasteiger partial charge >= 0.3 is 0 Å². The second-order valence-corrected chi connectivity index (χ2v) is 9.12. The minimum atomic E-state index is 0.0528. The minimum absolute atomic E-state index is 0.0528. The third-order valence-corrected chi connectivity index (χ3v) is 6.28. The Hall–Kier alpha value is -2.72. The van der Waals surface area contributed by atoms with Crippen LogP contribution in [0, 0.1) is 6.92 Å². The van der Waals surface area contributed by atoms with Gasteiger partial charge in [0.25, 0.3) is 0 Å². The third-order valence-electron chi connectivity index (χ3n) is 4.84. The Morgan fingerprint density at radius 2 is 1.85 bits per heavy atom. The Morgan fingerprint density at radius 1 is 1.00 bits per heavy atom. The van der Waals surface area contributed by atoms with Crippen LogP contribution in [0.4, 0.5) is 0 Å². The summed E-state index contributed by atoms with van der Waals surface area (Å²) in [4.78, 5) is 9.42. The molecule has 0 aliphatic heterocycles. The van der Waals surface area contributed by atoms with E-state index in [2.05, 4.69) is 62.2 Å². The van der Waals surface area contributed by atoms with Gasteiger partial charge in [0, 0.05) is 34.0 Å². The lowest BCUT2D eigenvalue weighted by atomic mass is 9.98. The van der Waals surface area contributed by atoms with Gasteiger partial charge in [0.1, 0.15) is 11.2 Å². The Bertz CT molecular complexity index is 1300. The maximum atomic E-state index is 6.30. The van der Waals surface area contributed by atoms with Crippen molar-refractivity contribution in [1.29, 1.82) is 0 Å². The summed E-state index contributed by atoms with van der Waals surface area (Å²) in [5.74, 6) is 0. The molecule has 27 heavy (non-hydrogen) atoms. The van der Waals surface area contributed by atoms with Crippen molar-refractivity contribution in [2.75, 3.05) is 0 Å². The van der Waals surface area contributed by atoms with Crippen molar-refractivity contribution >= 4 is 43.5 Å². The molecule has 5 aromatic rings. The lowest BCUT2D eigenvalue weighted by Crippen LogP contribution is -2.09. The van der Waals surface area contributed by atoms with Crippen LogP contribution in [0.3, 0.4) is 0 Å². The molecule has 0 saturated carbocycles. The quantitative estimate of drug-likeness (QED) is 0.322. The molecule has 0 fully saturated rings. The normalized spacial score (nSPS) is 12.4. The van der Waals surface area contributed by atoms with E-state index in [1.54, 1.807) is 11.3 Å². The predicted molar refractivity (Wildman–Crippen MR) is 114 cm³/mol. The van der Waals surface area contributed by atoms with Gasteiger partial charge < -0.3 is 4.42 Å². The van der Waals surface area contributed by atoms with E-state index in [9.17, 15) is 0 Å². The summed E-state index contributed by atoms with van der Waals surface area (Å²) in [6, 6.07) is 14.7. The van der Waals surface area contributed by atoms with Gasteiger partial charge in [-0.05, 0) is 30.7 Å². The van der Waals surface area contributed by atoms with Crippen molar-refractivity contribution < 1.29 is 4.42 Å². The van der Waals surface area contributed by atoms with Crippen molar-refractivity contribution in [3.63, 3.8) is 0 Å². The molecule has 4 heteroatoms. The number of para-hydroxylation sites is 1. The van der Waals surface area contributed by atoms with Crippen molar-refractivity contribution in [2.45, 2.75) is 33.1 Å². The van der Waals surface area contributed by atoms with Gasteiger partial charge in [-0.15, -0.1) is 11.3 Å². The molecule has 134 valence electrons. The van der Waals surface area contributed by atoms with Gasteiger partial charge in [0.2, 0.25) is 0 Å². The fourth-order valence-electron chi connectivity index (χ4n) is 3.37. The zero-order valence-electron chi connectivity index (χ0n) is 15.8. The molecule has 3 heterocycles. The summed E-state index contributed by atoms with van der Waals surface area (Å²) < 4.78 is 7.50. The molecule has 0 radical (unpaired) electrons. The smallest absolute Gasteiger partial charge is 0.144 e. The summed E-state index contributed by atoms with van der Waals surface area (Å²) in [5, 5.41) is 3.41. The van der Waals surface area contributed by atoms with Crippen molar-refractivity contribution in [3.05, 3.63) is 59.2 Å². The average molecular weight is 372 g/mol. The van der Waals surface area contributed by atoms with Crippen LogP contribution < -0.4 is 0 Å². The number of aromatic nitrogens is 2. The molecular formula is C23H20N2OS. The summed E-state index contributed by atoms with van der Waals surface area (Å²) in [6.45, 7) is 8.64. The van der Waals surface area contributed by atoms with Crippen LogP contribution in [0.15, 0.2) is 53.1 Å². The standard InChI is InChI=1S/C23H20N2OS/c1-13-8-9-17(24-12-13)15-7-5-6-14-16-10-20-18(11-19(16)26-21(14)15)25-22(27-20)23(2,3)4/h5-12H,1-4H3. The van der Waals surface area contributed by atoms with Gasteiger partial charge in [-0.2, -0.15) is 0 Å². The highest BCUT2D eigenvalue weighted by molar-refractivity contribution is 7.18. The molecule has 0 saturated heterocycles. The molecule has 3 nitrogen and oxygen atoms in total. The number of thiazole rings is 1. The van der Waals surface area contributed by atoms with E-state index in [1.165, 1.54) is 4.70 Å². The monoisotopic (exact) mass is 372 g/mol. The SMILES string of the molecule is Cc1ccc(-c2cccc3c2oc2cc4nc(C(C)(C)C)sc4cc23)nc1. The first-order valence-corrected chi connectivity index (χ1v) is 9.91. The molecule has 2 aromatic carbocycles. The van der Waals surface area contributed by atoms with Gasteiger partial charge in [0.15, 0.2) is 0 Å². The van der Waals surface area contributed by atoms with Crippen molar-refractivity contribution in [3.8, 4) is 11.3 Å². The van der Waals surface area contributed by atoms with E-state index < -0.39 is 0 Å². The van der Waals surface area contributed by atoms with Gasteiger partial charge in [-0.3, -0.25) is 4.98 Å². The van der Waals surface area contributed by atoms with E-state index in [1.807, 2.05) is 19.2 Å². The Morgan fingerprint density at radius 3 is 2.59 bits per heavy atom. The summed E-state index contributed by atoms with van der Waals surface area (Å²) >= 11 is 1.77. The predicted octanol–water partition coefficient (Wildman–Crippen LogP) is 6.86. The van der Waals surface area contributed by atoms with Crippen LogP contribution in [-0.4, -0.2) is 9.97 Å². The Kier molecular flexibility index (Phi) is 3.43. The van der Waals surface area contributed by atoms with Gasteiger partial charge in [-0.25, -0.2) is 4.98 Å². The molecule has 0 atom stereocenters. The summed E-state index contributed by atoms with van der Waals surface area (Å²) in [6.07, 6.45) is 1.89. The van der Waals surface area contributed by atoms with Gasteiger partial charge in [-0.1, -0.05) is 39.0 Å². The lowest BCUT2D eigenvalue weighted by molar-refractivity contribution is 0.587. The molecule has 0 bridgehead atoms. The van der Waals surface area contributed by atoms with E-state index in [0.29, 0.717) is 0 Å². The highest BCUT2D eigenvalue weighted by Gasteiger charge is 2.20. The van der Waals surface area contributed by atoms with Crippen LogP contribution in [0.25, 0.3) is 43.4 Å². The van der Waals surface area contributed by atoms with E-state index in [4.69, 9.17) is 9.40 Å². The van der Waals surface area contributed by atoms with E-state index in [-0.39, 0.29) is 5.41 Å². The zero-order chi connectivity index (χ0) is 18.8. The maximum Gasteiger partial charge on any atom is 0.144 e. The van der Waals surface area contributed by atoms with Crippen LogP contribution >= 0.6 is 11.3 Å². The second kappa shape index (κ2) is 5.64. The topological polar surface area (TPSA) is 38.9 Å². The average Bonchev–Trinajstić information content (AvgIpc) is 3.20. The van der Waals surface area contributed by atoms with E-state index in [0.717, 1.165) is 49.3 Å². The number of benzene rings is 2. The molecule has 0 N–H and O–H groups in total. The zero-order valence-corrected chi connectivity index (χ0v) is 16.6. The molecule has 0 unspecified atom stereocenters. The van der Waals surface area contributed by atoms with Crippen LogP contribution in [0.2, 0.25) is 0 Å². The number of rotatable bonds is 1. The first-order chi connectivity index (χ1) is 12.9. The minimum Gasteiger partial charge on any atom is -0.455 e. The van der Waals surface area contributed by atoms with E-state index >= 15 is 0 Å². The van der Waals surface area contributed by atoms with Crippen molar-refractivity contribution in [2.24, 2.45) is 0 Å². The van der Waals surface area contributed by atoms with Crippen LogP contribution in [0.5, 0.6) is 0 Å². The number of nitrogens with zero attached hydrogens (tertiary/aromatic N) is 2. The number of pyridine rings is 1. The largest absolute Gasteiger partial charge is 0.455 e. The Labute approximate surface area is 161 Å². The van der Waals surface area contributed by atoms with Crippen LogP contribution in [-0.2, 0) is 5.41 Å². The highest BCUT2D eigenvalue weighted by atomic mass is 32.1. The second-order valence-electron chi connectivity index (χ2n) is 8.09. The number of aryl methyl sites for hydroxylation is 1. The molecule has 0 aliphatic carbocycles. The fraction of sp³-hybridized carbons (Fsp3) is 0.217. The van der Waals surface area contributed by atoms with Crippen LogP contribution in [0.1, 0.15) is 31.3 Å². The molecule has 0 amide bonds. The third kappa shape index (κ3) is 2.63. The number of fused-ring (bicyclic) bond motifs is 4. The summed E-state index contributed by atoms with van der Waals surface area (Å²) in [5.41, 5.74) is 5.93. The first kappa shape index (κ1) is 16.5. The van der Waals surface area contributed by atoms with Gasteiger partial charge in [0.05, 0.1) is 20.9 Å². The lowest BCUT2D eigenvalue weighted by Gasteiger charge is -2.13. The fourth-order valence-corrected chi connectivity index (χ4v) is 4.41. The van der Waals surface area contributed by atoms with Crippen molar-refractivity contribution in [1.82, 2.24) is 9.97 Å². The maximum absolute atomic E-state index is 6.30. The molecule has 5 rings (SSSR count). The summed E-state index contributed by atoms with van der Waals surface area (Å²) in [7, 11) is 0. The molecular weight excluding hydrogens is 352 g/mol. The number of furan rings is 1. The Balaban J connectivity index is 1.77. The molecule has 3 aromatic heterocycles. The number of hydrogen-bond acceptors (Lipinski definition) is 4. The highest BCUT2D eigenvalue weighted by Crippen LogP contribution is 2.39. The first-order valence-electron chi connectivity index (χ1n) is 9.09. The molecule has 0 aliphatic rings. The molecule has 0 spiro atoms.